The number of aromatic nitrogens is 1. The van der Waals surface area contributed by atoms with Gasteiger partial charge in [0.15, 0.2) is 4.47 Å². The highest BCUT2D eigenvalue weighted by molar-refractivity contribution is 7.15. The number of hydrogen-bond donors (Lipinski definition) is 0. The van der Waals surface area contributed by atoms with Crippen molar-refractivity contribution < 1.29 is 9.59 Å². The number of rotatable bonds is 2. The van der Waals surface area contributed by atoms with E-state index in [0.717, 1.165) is 16.0 Å². The summed E-state index contributed by atoms with van der Waals surface area (Å²) in [5.41, 5.74) is 3.10. The lowest BCUT2D eigenvalue weighted by molar-refractivity contribution is -0.114. The number of nitrogens with zero attached hydrogens (tertiary/aromatic N) is 2. The first-order valence-electron chi connectivity index (χ1n) is 6.05. The first kappa shape index (κ1) is 13.3. The van der Waals surface area contributed by atoms with E-state index >= 15 is 0 Å². The van der Waals surface area contributed by atoms with Gasteiger partial charge in [-0.1, -0.05) is 17.7 Å². The van der Waals surface area contributed by atoms with E-state index in [2.05, 4.69) is 4.98 Å². The molecule has 0 saturated heterocycles. The lowest BCUT2D eigenvalue weighted by Crippen LogP contribution is -2.29. The lowest BCUT2D eigenvalue weighted by Gasteiger charge is -2.17. The van der Waals surface area contributed by atoms with Crippen LogP contribution in [-0.2, 0) is 11.3 Å². The third kappa shape index (κ3) is 2.03. The highest BCUT2D eigenvalue weighted by atomic mass is 35.5. The standard InChI is InChI=1S/C14H11ClN2O2S/c1-7-3-8(2)11-10(4-7)12(18)13(19)17(11)6-9-5-16-14(15)20-9/h3-5H,6H2,1-2H3. The average molecular weight is 307 g/mol. The molecule has 102 valence electrons. The zero-order chi connectivity index (χ0) is 14.4. The number of fused-ring (bicyclic) bond motifs is 1. The minimum atomic E-state index is -0.488. The van der Waals surface area contributed by atoms with Crippen LogP contribution in [-0.4, -0.2) is 16.7 Å². The number of anilines is 1. The molecule has 3 rings (SSSR count). The van der Waals surface area contributed by atoms with Crippen LogP contribution in [0.1, 0.15) is 26.4 Å². The second-order valence-electron chi connectivity index (χ2n) is 4.78. The van der Waals surface area contributed by atoms with Gasteiger partial charge in [0.05, 0.1) is 17.8 Å². The zero-order valence-electron chi connectivity index (χ0n) is 10.9. The van der Waals surface area contributed by atoms with Crippen LogP contribution in [0, 0.1) is 13.8 Å². The Morgan fingerprint density at radius 1 is 1.30 bits per heavy atom. The van der Waals surface area contributed by atoms with Gasteiger partial charge in [-0.05, 0) is 31.0 Å². The summed E-state index contributed by atoms with van der Waals surface area (Å²) in [6, 6.07) is 3.74. The van der Waals surface area contributed by atoms with Gasteiger partial charge in [0.1, 0.15) is 0 Å². The van der Waals surface area contributed by atoms with Crippen LogP contribution in [0.15, 0.2) is 18.3 Å². The Hall–Kier alpha value is -1.72. The SMILES string of the molecule is Cc1cc(C)c2c(c1)C(=O)C(=O)N2Cc1cnc(Cl)s1. The molecule has 1 amide bonds. The maximum Gasteiger partial charge on any atom is 0.299 e. The predicted octanol–water partition coefficient (Wildman–Crippen LogP) is 3.14. The Bertz CT molecular complexity index is 739. The molecule has 0 saturated carbocycles. The third-order valence-corrected chi connectivity index (χ3v) is 4.34. The van der Waals surface area contributed by atoms with Crippen molar-refractivity contribution in [1.29, 1.82) is 0 Å². The van der Waals surface area contributed by atoms with E-state index in [1.807, 2.05) is 19.9 Å². The van der Waals surface area contributed by atoms with Crippen LogP contribution in [0.3, 0.4) is 0 Å². The van der Waals surface area contributed by atoms with Gasteiger partial charge >= 0.3 is 0 Å². The largest absolute Gasteiger partial charge is 0.299 e. The molecule has 0 spiro atoms. The van der Waals surface area contributed by atoms with Gasteiger partial charge in [0.2, 0.25) is 0 Å². The molecule has 0 aliphatic carbocycles. The predicted molar refractivity (Wildman–Crippen MR) is 78.6 cm³/mol. The van der Waals surface area contributed by atoms with Gasteiger partial charge in [-0.15, -0.1) is 11.3 Å². The number of aryl methyl sites for hydroxylation is 2. The van der Waals surface area contributed by atoms with Crippen LogP contribution in [0.4, 0.5) is 5.69 Å². The number of halogens is 1. The smallest absolute Gasteiger partial charge is 0.299 e. The molecule has 1 aliphatic rings. The summed E-state index contributed by atoms with van der Waals surface area (Å²) in [7, 11) is 0. The first-order chi connectivity index (χ1) is 9.47. The number of carbonyl (C=O) groups is 2. The summed E-state index contributed by atoms with van der Waals surface area (Å²) in [5, 5.41) is 0. The second kappa shape index (κ2) is 4.68. The molecule has 0 radical (unpaired) electrons. The zero-order valence-corrected chi connectivity index (χ0v) is 12.5. The summed E-state index contributed by atoms with van der Waals surface area (Å²) in [6.07, 6.45) is 1.63. The monoisotopic (exact) mass is 306 g/mol. The fraction of sp³-hybridized carbons (Fsp3) is 0.214. The van der Waals surface area contributed by atoms with Gasteiger partial charge in [-0.2, -0.15) is 0 Å². The van der Waals surface area contributed by atoms with E-state index in [9.17, 15) is 9.59 Å². The Kier molecular flexibility index (Phi) is 3.11. The van der Waals surface area contributed by atoms with Gasteiger partial charge < -0.3 is 0 Å². The number of thiazole rings is 1. The van der Waals surface area contributed by atoms with Gasteiger partial charge in [-0.25, -0.2) is 4.98 Å². The first-order valence-corrected chi connectivity index (χ1v) is 7.24. The van der Waals surface area contributed by atoms with Crippen LogP contribution in [0.25, 0.3) is 0 Å². The molecule has 0 fully saturated rings. The summed E-state index contributed by atoms with van der Waals surface area (Å²) >= 11 is 7.11. The maximum atomic E-state index is 12.2. The van der Waals surface area contributed by atoms with Crippen molar-refractivity contribution >= 4 is 40.3 Å². The molecule has 1 aromatic carbocycles. The quantitative estimate of drug-likeness (QED) is 0.801. The number of ketones is 1. The summed E-state index contributed by atoms with van der Waals surface area (Å²) in [4.78, 5) is 30.6. The Balaban J connectivity index is 2.06. The van der Waals surface area contributed by atoms with Crippen molar-refractivity contribution in [2.45, 2.75) is 20.4 Å². The van der Waals surface area contributed by atoms with Crippen LogP contribution in [0.2, 0.25) is 4.47 Å². The van der Waals surface area contributed by atoms with Crippen molar-refractivity contribution in [2.24, 2.45) is 0 Å². The molecule has 6 heteroatoms. The average Bonchev–Trinajstić information content (AvgIpc) is 2.88. The van der Waals surface area contributed by atoms with Gasteiger partial charge in [0, 0.05) is 11.1 Å². The molecule has 20 heavy (non-hydrogen) atoms. The molecule has 1 aromatic heterocycles. The van der Waals surface area contributed by atoms with Gasteiger partial charge in [-0.3, -0.25) is 14.5 Å². The molecule has 0 N–H and O–H groups in total. The Morgan fingerprint density at radius 3 is 2.70 bits per heavy atom. The Labute approximate surface area is 125 Å². The number of amides is 1. The summed E-state index contributed by atoms with van der Waals surface area (Å²) < 4.78 is 0.429. The van der Waals surface area contributed by atoms with Crippen molar-refractivity contribution in [3.63, 3.8) is 0 Å². The molecule has 0 atom stereocenters. The molecular formula is C14H11ClN2O2S. The highest BCUT2D eigenvalue weighted by Gasteiger charge is 2.37. The van der Waals surface area contributed by atoms with Crippen molar-refractivity contribution in [2.75, 3.05) is 4.90 Å². The van der Waals surface area contributed by atoms with Crippen LogP contribution in [0.5, 0.6) is 0 Å². The fourth-order valence-corrected chi connectivity index (χ4v) is 3.46. The minimum Gasteiger partial charge on any atom is -0.299 e. The minimum absolute atomic E-state index is 0.325. The van der Waals surface area contributed by atoms with E-state index in [4.69, 9.17) is 11.6 Å². The van der Waals surface area contributed by atoms with Crippen LogP contribution < -0.4 is 4.90 Å². The summed E-state index contributed by atoms with van der Waals surface area (Å²) in [6.45, 7) is 4.15. The normalized spacial score (nSPS) is 14.1. The maximum absolute atomic E-state index is 12.2. The van der Waals surface area contributed by atoms with E-state index in [1.165, 1.54) is 16.2 Å². The number of carbonyl (C=O) groups excluding carboxylic acids is 2. The second-order valence-corrected chi connectivity index (χ2v) is 6.48. The Morgan fingerprint density at radius 2 is 2.05 bits per heavy atom. The molecule has 0 unspecified atom stereocenters. The fourth-order valence-electron chi connectivity index (χ4n) is 2.49. The molecule has 1 aliphatic heterocycles. The molecule has 2 heterocycles. The molecule has 0 bridgehead atoms. The molecular weight excluding hydrogens is 296 g/mol. The van der Waals surface area contributed by atoms with Gasteiger partial charge in [0.25, 0.3) is 11.7 Å². The highest BCUT2D eigenvalue weighted by Crippen LogP contribution is 2.35. The number of benzene rings is 1. The van der Waals surface area contributed by atoms with E-state index < -0.39 is 11.7 Å². The number of hydrogen-bond acceptors (Lipinski definition) is 4. The van der Waals surface area contributed by atoms with Crippen LogP contribution >= 0.6 is 22.9 Å². The third-order valence-electron chi connectivity index (χ3n) is 3.24. The summed E-state index contributed by atoms with van der Waals surface area (Å²) in [5.74, 6) is -0.930. The molecule has 2 aromatic rings. The van der Waals surface area contributed by atoms with Crippen molar-refractivity contribution in [3.05, 3.63) is 44.4 Å². The number of Topliss-reactive ketones (excluding diaryl/α,β-unsaturated/α-hetero) is 1. The van der Waals surface area contributed by atoms with E-state index in [1.54, 1.807) is 12.3 Å². The topological polar surface area (TPSA) is 50.3 Å². The lowest BCUT2D eigenvalue weighted by atomic mass is 10.0. The van der Waals surface area contributed by atoms with Crippen molar-refractivity contribution in [1.82, 2.24) is 4.98 Å². The molecule has 4 nitrogen and oxygen atoms in total. The van der Waals surface area contributed by atoms with E-state index in [-0.39, 0.29) is 0 Å². The van der Waals surface area contributed by atoms with E-state index in [0.29, 0.717) is 22.3 Å². The van der Waals surface area contributed by atoms with Crippen molar-refractivity contribution in [3.8, 4) is 0 Å².